The van der Waals surface area contributed by atoms with E-state index in [4.69, 9.17) is 10.2 Å². The van der Waals surface area contributed by atoms with Crippen LogP contribution in [0, 0.1) is 11.3 Å². The van der Waals surface area contributed by atoms with Gasteiger partial charge in [0.15, 0.2) is 5.82 Å². The highest BCUT2D eigenvalue weighted by molar-refractivity contribution is 5.70. The first-order chi connectivity index (χ1) is 13.3. The van der Waals surface area contributed by atoms with Crippen LogP contribution < -0.4 is 5.32 Å². The zero-order chi connectivity index (χ0) is 18.5. The van der Waals surface area contributed by atoms with Gasteiger partial charge in [0.1, 0.15) is 5.82 Å². The van der Waals surface area contributed by atoms with Crippen molar-refractivity contribution in [2.24, 2.45) is 0 Å². The second kappa shape index (κ2) is 7.51. The fourth-order valence-electron chi connectivity index (χ4n) is 2.76. The number of nitrogens with one attached hydrogen (secondary N) is 1. The number of rotatable bonds is 4. The van der Waals surface area contributed by atoms with Crippen molar-refractivity contribution in [3.8, 4) is 28.7 Å². The van der Waals surface area contributed by atoms with Gasteiger partial charge >= 0.3 is 0 Å². The zero-order valence-electron chi connectivity index (χ0n) is 14.5. The van der Waals surface area contributed by atoms with E-state index in [0.29, 0.717) is 17.2 Å². The molecule has 0 spiro atoms. The van der Waals surface area contributed by atoms with E-state index in [1.54, 1.807) is 12.1 Å². The lowest BCUT2D eigenvalue weighted by Gasteiger charge is -2.11. The van der Waals surface area contributed by atoms with Gasteiger partial charge in [-0.05, 0) is 24.3 Å². The van der Waals surface area contributed by atoms with Crippen LogP contribution in [0.5, 0.6) is 0 Å². The highest BCUT2D eigenvalue weighted by Crippen LogP contribution is 2.26. The maximum Gasteiger partial charge on any atom is 0.162 e. The Kier molecular flexibility index (Phi) is 4.59. The Bertz CT molecular complexity index is 1030. The summed E-state index contributed by atoms with van der Waals surface area (Å²) >= 11 is 0. The van der Waals surface area contributed by atoms with Gasteiger partial charge in [0.05, 0.1) is 17.3 Å². The molecule has 0 saturated carbocycles. The molecule has 0 fully saturated rings. The number of nitrogens with zero attached hydrogens (tertiary/aromatic N) is 3. The molecule has 4 nitrogen and oxygen atoms in total. The molecule has 4 heteroatoms. The summed E-state index contributed by atoms with van der Waals surface area (Å²) in [6, 6.07) is 31.3. The van der Waals surface area contributed by atoms with Crippen LogP contribution in [0.15, 0.2) is 91.0 Å². The van der Waals surface area contributed by atoms with E-state index in [2.05, 4.69) is 16.4 Å². The van der Waals surface area contributed by atoms with Crippen LogP contribution in [0.2, 0.25) is 0 Å². The molecule has 0 aliphatic rings. The van der Waals surface area contributed by atoms with Crippen molar-refractivity contribution in [1.29, 1.82) is 5.26 Å². The number of anilines is 2. The molecule has 1 N–H and O–H groups in total. The fourth-order valence-corrected chi connectivity index (χ4v) is 2.76. The van der Waals surface area contributed by atoms with E-state index < -0.39 is 0 Å². The Morgan fingerprint density at radius 1 is 0.704 bits per heavy atom. The Balaban J connectivity index is 1.77. The fraction of sp³-hybridized carbons (Fsp3) is 0. The first kappa shape index (κ1) is 16.5. The Morgan fingerprint density at radius 3 is 1.96 bits per heavy atom. The van der Waals surface area contributed by atoms with Crippen molar-refractivity contribution in [1.82, 2.24) is 9.97 Å². The minimum atomic E-state index is 0.623. The second-order valence-corrected chi connectivity index (χ2v) is 6.01. The smallest absolute Gasteiger partial charge is 0.162 e. The first-order valence-electron chi connectivity index (χ1n) is 8.59. The van der Waals surface area contributed by atoms with Gasteiger partial charge in [0, 0.05) is 22.9 Å². The molecule has 0 amide bonds. The summed E-state index contributed by atoms with van der Waals surface area (Å²) < 4.78 is 0. The summed E-state index contributed by atoms with van der Waals surface area (Å²) in [5.41, 5.74) is 4.32. The maximum absolute atomic E-state index is 8.95. The molecule has 1 aromatic heterocycles. The normalized spacial score (nSPS) is 10.2. The lowest BCUT2D eigenvalue weighted by atomic mass is 10.1. The van der Waals surface area contributed by atoms with Crippen molar-refractivity contribution < 1.29 is 0 Å². The van der Waals surface area contributed by atoms with Gasteiger partial charge < -0.3 is 5.32 Å². The first-order valence-corrected chi connectivity index (χ1v) is 8.59. The molecule has 3 aromatic carbocycles. The molecule has 0 bridgehead atoms. The highest BCUT2D eigenvalue weighted by Gasteiger charge is 2.09. The third-order valence-corrected chi connectivity index (χ3v) is 4.11. The zero-order valence-corrected chi connectivity index (χ0v) is 14.5. The van der Waals surface area contributed by atoms with E-state index in [0.717, 1.165) is 22.5 Å². The number of hydrogen-bond acceptors (Lipinski definition) is 4. The van der Waals surface area contributed by atoms with E-state index in [9.17, 15) is 0 Å². The number of benzene rings is 3. The van der Waals surface area contributed by atoms with Gasteiger partial charge in [-0.1, -0.05) is 60.7 Å². The predicted octanol–water partition coefficient (Wildman–Crippen LogP) is 5.43. The van der Waals surface area contributed by atoms with Gasteiger partial charge in [-0.2, -0.15) is 5.26 Å². The number of nitriles is 1. The topological polar surface area (TPSA) is 61.6 Å². The summed E-state index contributed by atoms with van der Waals surface area (Å²) in [6.45, 7) is 0. The van der Waals surface area contributed by atoms with Gasteiger partial charge in [-0.3, -0.25) is 0 Å². The van der Waals surface area contributed by atoms with Crippen LogP contribution in [0.4, 0.5) is 11.5 Å². The number of aromatic nitrogens is 2. The third-order valence-electron chi connectivity index (χ3n) is 4.11. The molecule has 0 aliphatic heterocycles. The molecule has 0 aliphatic carbocycles. The van der Waals surface area contributed by atoms with Crippen LogP contribution in [0.1, 0.15) is 5.56 Å². The van der Waals surface area contributed by atoms with Crippen LogP contribution in [-0.2, 0) is 0 Å². The Morgan fingerprint density at radius 2 is 1.33 bits per heavy atom. The largest absolute Gasteiger partial charge is 0.340 e. The summed E-state index contributed by atoms with van der Waals surface area (Å²) in [6.07, 6.45) is 0. The summed E-state index contributed by atoms with van der Waals surface area (Å²) in [4.78, 5) is 9.43. The van der Waals surface area contributed by atoms with E-state index in [-0.39, 0.29) is 0 Å². The molecule has 0 unspecified atom stereocenters. The quantitative estimate of drug-likeness (QED) is 0.534. The van der Waals surface area contributed by atoms with Gasteiger partial charge in [-0.15, -0.1) is 0 Å². The molecule has 0 radical (unpaired) electrons. The summed E-state index contributed by atoms with van der Waals surface area (Å²) in [5, 5.41) is 12.3. The predicted molar refractivity (Wildman–Crippen MR) is 107 cm³/mol. The van der Waals surface area contributed by atoms with Gasteiger partial charge in [0.2, 0.25) is 0 Å². The van der Waals surface area contributed by atoms with Crippen molar-refractivity contribution in [3.05, 3.63) is 96.6 Å². The average molecular weight is 348 g/mol. The van der Waals surface area contributed by atoms with Crippen LogP contribution in [0.25, 0.3) is 22.6 Å². The van der Waals surface area contributed by atoms with E-state index in [1.807, 2.05) is 78.9 Å². The third kappa shape index (κ3) is 3.83. The minimum Gasteiger partial charge on any atom is -0.340 e. The summed E-state index contributed by atoms with van der Waals surface area (Å²) in [7, 11) is 0. The average Bonchev–Trinajstić information content (AvgIpc) is 2.75. The van der Waals surface area contributed by atoms with Crippen LogP contribution in [0.3, 0.4) is 0 Å². The molecule has 128 valence electrons. The monoisotopic (exact) mass is 348 g/mol. The standard InChI is InChI=1S/C23H16N4/c24-16-17-11-13-20(14-12-17)25-22-15-21(18-7-3-1-4-8-18)26-23(27-22)19-9-5-2-6-10-19/h1-15H,(H,25,26,27). The second-order valence-electron chi connectivity index (χ2n) is 6.01. The van der Waals surface area contributed by atoms with Crippen LogP contribution >= 0.6 is 0 Å². The SMILES string of the molecule is N#Cc1ccc(Nc2cc(-c3ccccc3)nc(-c3ccccc3)n2)cc1. The lowest BCUT2D eigenvalue weighted by Crippen LogP contribution is -1.99. The Labute approximate surface area is 157 Å². The van der Waals surface area contributed by atoms with Crippen LogP contribution in [-0.4, -0.2) is 9.97 Å². The molecular formula is C23H16N4. The van der Waals surface area contributed by atoms with E-state index >= 15 is 0 Å². The number of hydrogen-bond donors (Lipinski definition) is 1. The molecule has 1 heterocycles. The Hall–Kier alpha value is -3.97. The molecular weight excluding hydrogens is 332 g/mol. The minimum absolute atomic E-state index is 0.623. The van der Waals surface area contributed by atoms with Crippen molar-refractivity contribution in [2.45, 2.75) is 0 Å². The molecule has 4 aromatic rings. The molecule has 4 rings (SSSR count). The molecule has 0 atom stereocenters. The lowest BCUT2D eigenvalue weighted by molar-refractivity contribution is 1.18. The molecule has 0 saturated heterocycles. The summed E-state index contributed by atoms with van der Waals surface area (Å²) in [5.74, 6) is 1.36. The van der Waals surface area contributed by atoms with Gasteiger partial charge in [0.25, 0.3) is 0 Å². The van der Waals surface area contributed by atoms with Crippen molar-refractivity contribution in [2.75, 3.05) is 5.32 Å². The van der Waals surface area contributed by atoms with Crippen molar-refractivity contribution in [3.63, 3.8) is 0 Å². The molecule has 27 heavy (non-hydrogen) atoms. The van der Waals surface area contributed by atoms with E-state index in [1.165, 1.54) is 0 Å². The van der Waals surface area contributed by atoms with Gasteiger partial charge in [-0.25, -0.2) is 9.97 Å². The highest BCUT2D eigenvalue weighted by atomic mass is 15.0. The maximum atomic E-state index is 8.95. The van der Waals surface area contributed by atoms with Crippen molar-refractivity contribution >= 4 is 11.5 Å².